The molecule has 0 saturated carbocycles. The summed E-state index contributed by atoms with van der Waals surface area (Å²) in [6, 6.07) is 0. The van der Waals surface area contributed by atoms with Gasteiger partial charge in [-0.1, -0.05) is 6.92 Å². The first-order chi connectivity index (χ1) is 10.9. The Balaban J connectivity index is 0.00000288. The highest BCUT2D eigenvalue weighted by Gasteiger charge is 2.25. The van der Waals surface area contributed by atoms with Gasteiger partial charge in [0.15, 0.2) is 5.96 Å². The van der Waals surface area contributed by atoms with Gasteiger partial charge in [-0.05, 0) is 40.0 Å². The van der Waals surface area contributed by atoms with Gasteiger partial charge in [-0.25, -0.2) is 4.98 Å². The highest BCUT2D eigenvalue weighted by molar-refractivity contribution is 14.0. The summed E-state index contributed by atoms with van der Waals surface area (Å²) >= 11 is 1.77. The molecule has 0 amide bonds. The van der Waals surface area contributed by atoms with Crippen molar-refractivity contribution >= 4 is 41.3 Å². The molecule has 1 fully saturated rings. The monoisotopic (exact) mass is 466 g/mol. The van der Waals surface area contributed by atoms with Crippen LogP contribution in [0, 0.1) is 0 Å². The highest BCUT2D eigenvalue weighted by atomic mass is 127. The summed E-state index contributed by atoms with van der Waals surface area (Å²) in [6.07, 6.45) is 5.48. The zero-order chi connectivity index (χ0) is 16.9. The number of thiazole rings is 1. The molecule has 2 heterocycles. The fourth-order valence-corrected chi connectivity index (χ4v) is 3.57. The second-order valence-corrected chi connectivity index (χ2v) is 8.09. The van der Waals surface area contributed by atoms with Crippen molar-refractivity contribution in [2.45, 2.75) is 65.2 Å². The molecule has 0 aromatic carbocycles. The van der Waals surface area contributed by atoms with Gasteiger partial charge in [0.1, 0.15) is 5.01 Å². The van der Waals surface area contributed by atoms with Crippen molar-refractivity contribution in [1.29, 1.82) is 0 Å². The van der Waals surface area contributed by atoms with Crippen LogP contribution in [0.1, 0.15) is 50.4 Å². The van der Waals surface area contributed by atoms with Crippen molar-refractivity contribution in [2.24, 2.45) is 4.99 Å². The number of nitrogens with one attached hydrogen (secondary N) is 1. The van der Waals surface area contributed by atoms with Gasteiger partial charge in [0.2, 0.25) is 0 Å². The number of piperidine rings is 1. The predicted octanol–water partition coefficient (Wildman–Crippen LogP) is 3.68. The minimum absolute atomic E-state index is 0. The maximum absolute atomic E-state index is 6.09. The van der Waals surface area contributed by atoms with Gasteiger partial charge in [-0.15, -0.1) is 35.3 Å². The predicted molar refractivity (Wildman–Crippen MR) is 113 cm³/mol. The summed E-state index contributed by atoms with van der Waals surface area (Å²) < 4.78 is 6.09. The Hall–Kier alpha value is -0.410. The van der Waals surface area contributed by atoms with Gasteiger partial charge < -0.3 is 15.0 Å². The second-order valence-electron chi connectivity index (χ2n) is 6.89. The van der Waals surface area contributed by atoms with Crippen LogP contribution in [0.3, 0.4) is 0 Å². The average Bonchev–Trinajstić information content (AvgIpc) is 2.96. The molecule has 24 heavy (non-hydrogen) atoms. The van der Waals surface area contributed by atoms with Crippen LogP contribution in [0.5, 0.6) is 0 Å². The molecule has 1 N–H and O–H groups in total. The molecule has 5 nitrogen and oxygen atoms in total. The van der Waals surface area contributed by atoms with E-state index in [9.17, 15) is 0 Å². The number of hydrogen-bond acceptors (Lipinski definition) is 4. The third-order valence-corrected chi connectivity index (χ3v) is 4.96. The zero-order valence-corrected chi connectivity index (χ0v) is 18.6. The Kier molecular flexibility index (Phi) is 8.94. The summed E-state index contributed by atoms with van der Waals surface area (Å²) in [6.45, 7) is 11.2. The molecule has 0 spiro atoms. The molecule has 0 radical (unpaired) electrons. The summed E-state index contributed by atoms with van der Waals surface area (Å²) in [5.74, 6) is 0.965. The van der Waals surface area contributed by atoms with Gasteiger partial charge in [0.25, 0.3) is 0 Å². The number of aromatic nitrogens is 1. The van der Waals surface area contributed by atoms with Gasteiger partial charge in [-0.3, -0.25) is 4.99 Å². The van der Waals surface area contributed by atoms with E-state index in [-0.39, 0.29) is 29.6 Å². The Morgan fingerprint density at radius 1 is 1.42 bits per heavy atom. The van der Waals surface area contributed by atoms with E-state index < -0.39 is 0 Å². The zero-order valence-electron chi connectivity index (χ0n) is 15.5. The number of aryl methyl sites for hydroxylation is 1. The van der Waals surface area contributed by atoms with Crippen molar-refractivity contribution in [1.82, 2.24) is 15.2 Å². The van der Waals surface area contributed by atoms with Gasteiger partial charge in [0, 0.05) is 31.2 Å². The SMILES string of the molecule is CCc1cnc(CNC(=NC)N2CCC(OC(C)(C)C)CC2)s1.I. The minimum Gasteiger partial charge on any atom is -0.372 e. The Morgan fingerprint density at radius 3 is 2.58 bits per heavy atom. The van der Waals surface area contributed by atoms with Crippen LogP contribution in [0.15, 0.2) is 11.2 Å². The molecule has 0 bridgehead atoms. The van der Waals surface area contributed by atoms with Gasteiger partial charge in [0.05, 0.1) is 18.2 Å². The molecule has 0 atom stereocenters. The van der Waals surface area contributed by atoms with E-state index in [1.54, 1.807) is 11.3 Å². The van der Waals surface area contributed by atoms with E-state index in [1.165, 1.54) is 4.88 Å². The highest BCUT2D eigenvalue weighted by Crippen LogP contribution is 2.20. The molecule has 7 heteroatoms. The first kappa shape index (κ1) is 21.6. The summed E-state index contributed by atoms with van der Waals surface area (Å²) in [5.41, 5.74) is -0.0609. The molecule has 1 saturated heterocycles. The van der Waals surface area contributed by atoms with E-state index in [1.807, 2.05) is 13.2 Å². The number of guanidine groups is 1. The number of likely N-dealkylation sites (tertiary alicyclic amines) is 1. The van der Waals surface area contributed by atoms with Crippen LogP contribution in [0.4, 0.5) is 0 Å². The molecule has 1 aromatic heterocycles. The summed E-state index contributed by atoms with van der Waals surface area (Å²) in [5, 5.41) is 4.56. The fraction of sp³-hybridized carbons (Fsp3) is 0.765. The van der Waals surface area contributed by atoms with Crippen LogP contribution in [-0.4, -0.2) is 47.7 Å². The third-order valence-electron chi connectivity index (χ3n) is 3.82. The number of halogens is 1. The molecule has 0 aliphatic carbocycles. The van der Waals surface area contributed by atoms with E-state index >= 15 is 0 Å². The lowest BCUT2D eigenvalue weighted by Gasteiger charge is -2.36. The van der Waals surface area contributed by atoms with Crippen molar-refractivity contribution in [3.05, 3.63) is 16.1 Å². The first-order valence-corrected chi connectivity index (χ1v) is 9.30. The second kappa shape index (κ2) is 9.91. The first-order valence-electron chi connectivity index (χ1n) is 8.48. The Morgan fingerprint density at radius 2 is 2.08 bits per heavy atom. The molecule has 0 unspecified atom stereocenters. The lowest BCUT2D eigenvalue weighted by Crippen LogP contribution is -2.47. The number of aliphatic imine (C=N–C) groups is 1. The number of nitrogens with zero attached hydrogens (tertiary/aromatic N) is 3. The largest absolute Gasteiger partial charge is 0.372 e. The quantitative estimate of drug-likeness (QED) is 0.418. The Labute approximate surface area is 167 Å². The third kappa shape index (κ3) is 6.84. The minimum atomic E-state index is -0.0609. The molecular weight excluding hydrogens is 435 g/mol. The molecule has 2 rings (SSSR count). The van der Waals surface area contributed by atoms with Crippen molar-refractivity contribution < 1.29 is 4.74 Å². The number of ether oxygens (including phenoxy) is 1. The summed E-state index contributed by atoms with van der Waals surface area (Å²) in [4.78, 5) is 12.5. The average molecular weight is 466 g/mol. The normalized spacial score (nSPS) is 16.9. The maximum Gasteiger partial charge on any atom is 0.193 e. The lowest BCUT2D eigenvalue weighted by atomic mass is 10.1. The fourth-order valence-electron chi connectivity index (χ4n) is 2.77. The lowest BCUT2D eigenvalue weighted by molar-refractivity contribution is -0.0772. The van der Waals surface area contributed by atoms with Crippen molar-refractivity contribution in [3.63, 3.8) is 0 Å². The Bertz CT molecular complexity index is 519. The molecule has 1 aliphatic rings. The van der Waals surface area contributed by atoms with Crippen LogP contribution in [0.25, 0.3) is 0 Å². The van der Waals surface area contributed by atoms with Crippen LogP contribution in [-0.2, 0) is 17.7 Å². The van der Waals surface area contributed by atoms with E-state index in [0.717, 1.165) is 49.9 Å². The standard InChI is InChI=1S/C17H30N4OS.HI/c1-6-14-11-19-15(23-14)12-20-16(18-5)21-9-7-13(8-10-21)22-17(2,3)4;/h11,13H,6-10,12H2,1-5H3,(H,18,20);1H. The molecular formula is C17H31IN4OS. The molecule has 1 aliphatic heterocycles. The number of hydrogen-bond donors (Lipinski definition) is 1. The smallest absolute Gasteiger partial charge is 0.193 e. The van der Waals surface area contributed by atoms with E-state index in [0.29, 0.717) is 6.10 Å². The van der Waals surface area contributed by atoms with E-state index in [2.05, 4.69) is 47.9 Å². The van der Waals surface area contributed by atoms with Crippen LogP contribution in [0.2, 0.25) is 0 Å². The molecule has 138 valence electrons. The maximum atomic E-state index is 6.09. The molecule has 1 aromatic rings. The summed E-state index contributed by atoms with van der Waals surface area (Å²) in [7, 11) is 1.85. The van der Waals surface area contributed by atoms with Crippen molar-refractivity contribution in [3.8, 4) is 0 Å². The van der Waals surface area contributed by atoms with E-state index in [4.69, 9.17) is 4.74 Å². The van der Waals surface area contributed by atoms with Crippen LogP contribution < -0.4 is 5.32 Å². The van der Waals surface area contributed by atoms with Gasteiger partial charge in [-0.2, -0.15) is 0 Å². The van der Waals surface area contributed by atoms with Crippen LogP contribution >= 0.6 is 35.3 Å². The van der Waals surface area contributed by atoms with Gasteiger partial charge >= 0.3 is 0 Å². The topological polar surface area (TPSA) is 49.8 Å². The number of rotatable bonds is 4. The van der Waals surface area contributed by atoms with Crippen molar-refractivity contribution in [2.75, 3.05) is 20.1 Å².